The summed E-state index contributed by atoms with van der Waals surface area (Å²) < 4.78 is 2.43. The third-order valence-electron chi connectivity index (χ3n) is 12.2. The van der Waals surface area contributed by atoms with Gasteiger partial charge in [-0.2, -0.15) is 0 Å². The predicted molar refractivity (Wildman–Crippen MR) is 243 cm³/mol. The van der Waals surface area contributed by atoms with E-state index in [0.717, 1.165) is 6.54 Å². The number of hydrogen-bond donors (Lipinski definition) is 1. The third-order valence-corrected chi connectivity index (χ3v) is 12.2. The third kappa shape index (κ3) is 4.91. The van der Waals surface area contributed by atoms with Gasteiger partial charge < -0.3 is 9.88 Å². The number of aromatic nitrogens is 1. The van der Waals surface area contributed by atoms with Crippen molar-refractivity contribution >= 4 is 70.8 Å². The summed E-state index contributed by atoms with van der Waals surface area (Å²) in [6, 6.07) is 69.7. The van der Waals surface area contributed by atoms with E-state index in [2.05, 4.69) is 210 Å². The van der Waals surface area contributed by atoms with Crippen LogP contribution in [0.3, 0.4) is 0 Å². The summed E-state index contributed by atoms with van der Waals surface area (Å²) in [6.45, 7) is 0.787. The average molecular weight is 725 g/mol. The van der Waals surface area contributed by atoms with Crippen molar-refractivity contribution in [2.24, 2.45) is 0 Å². The first kappa shape index (κ1) is 31.9. The molecule has 0 atom stereocenters. The summed E-state index contributed by atoms with van der Waals surface area (Å²) in [7, 11) is 0. The molecule has 0 fully saturated rings. The van der Waals surface area contributed by atoms with Crippen LogP contribution in [0.5, 0.6) is 0 Å². The van der Waals surface area contributed by atoms with Crippen LogP contribution in [0.2, 0.25) is 0 Å². The van der Waals surface area contributed by atoms with Crippen molar-refractivity contribution in [1.82, 2.24) is 9.88 Å². The molecule has 0 saturated heterocycles. The molecule has 57 heavy (non-hydrogen) atoms. The highest BCUT2D eigenvalue weighted by atomic mass is 15.0. The molecule has 0 radical (unpaired) electrons. The highest BCUT2D eigenvalue weighted by Crippen LogP contribution is 2.48. The lowest BCUT2D eigenvalue weighted by Crippen LogP contribution is -2.10. The zero-order valence-corrected chi connectivity index (χ0v) is 31.2. The summed E-state index contributed by atoms with van der Waals surface area (Å²) in [5.74, 6) is 0. The molecule has 0 spiro atoms. The number of nitrogens with one attached hydrogen (secondary N) is 1. The molecule has 0 saturated carbocycles. The summed E-state index contributed by atoms with van der Waals surface area (Å²) in [5.41, 5.74) is 12.4. The van der Waals surface area contributed by atoms with Crippen LogP contribution in [0.1, 0.15) is 11.3 Å². The zero-order chi connectivity index (χ0) is 37.5. The van der Waals surface area contributed by atoms with E-state index >= 15 is 0 Å². The molecule has 1 aromatic heterocycles. The largest absolute Gasteiger partial charge is 0.387 e. The topological polar surface area (TPSA) is 17.0 Å². The monoisotopic (exact) mass is 724 g/mol. The fourth-order valence-corrected chi connectivity index (χ4v) is 9.63. The molecule has 0 bridgehead atoms. The molecule has 2 heterocycles. The molecule has 1 aliphatic heterocycles. The SMILES string of the molecule is C1=Cc2c(c3cc(-c4ccc5c(-c6cccc7ccccc67)c6ccccc6c(-c6cccc7ccccc67)c5c4)ccc3n2-c2ccc3ccccc3c2)CN1. The molecule has 11 aromatic rings. The molecule has 1 N–H and O–H groups in total. The van der Waals surface area contributed by atoms with E-state index in [1.54, 1.807) is 0 Å². The fraction of sp³-hybridized carbons (Fsp3) is 0.0182. The van der Waals surface area contributed by atoms with Crippen molar-refractivity contribution in [1.29, 1.82) is 0 Å². The molecule has 1 aliphatic rings. The number of hydrogen-bond acceptors (Lipinski definition) is 1. The van der Waals surface area contributed by atoms with E-state index in [1.165, 1.54) is 115 Å². The summed E-state index contributed by atoms with van der Waals surface area (Å²) in [5, 5.41) is 17.3. The number of nitrogens with zero attached hydrogens (tertiary/aromatic N) is 1. The number of fused-ring (bicyclic) bond motifs is 8. The maximum Gasteiger partial charge on any atom is 0.0538 e. The van der Waals surface area contributed by atoms with E-state index in [1.807, 2.05) is 0 Å². The Labute approximate surface area is 330 Å². The highest BCUT2D eigenvalue weighted by molar-refractivity contribution is 6.25. The van der Waals surface area contributed by atoms with Crippen LogP contribution in [-0.2, 0) is 6.54 Å². The smallest absolute Gasteiger partial charge is 0.0538 e. The minimum Gasteiger partial charge on any atom is -0.387 e. The zero-order valence-electron chi connectivity index (χ0n) is 31.2. The minimum atomic E-state index is 0.787. The van der Waals surface area contributed by atoms with Crippen LogP contribution >= 0.6 is 0 Å². The van der Waals surface area contributed by atoms with E-state index in [0.29, 0.717) is 0 Å². The van der Waals surface area contributed by atoms with Crippen molar-refractivity contribution in [2.45, 2.75) is 6.54 Å². The Morgan fingerprint density at radius 1 is 0.386 bits per heavy atom. The second-order valence-corrected chi connectivity index (χ2v) is 15.3. The lowest BCUT2D eigenvalue weighted by molar-refractivity contribution is 0.855. The molecule has 2 nitrogen and oxygen atoms in total. The fourth-order valence-electron chi connectivity index (χ4n) is 9.63. The van der Waals surface area contributed by atoms with Gasteiger partial charge in [0.25, 0.3) is 0 Å². The van der Waals surface area contributed by atoms with Gasteiger partial charge in [-0.1, -0.05) is 158 Å². The van der Waals surface area contributed by atoms with E-state index in [4.69, 9.17) is 0 Å². The summed E-state index contributed by atoms with van der Waals surface area (Å²) in [6.07, 6.45) is 4.30. The maximum atomic E-state index is 3.51. The average Bonchev–Trinajstić information content (AvgIpc) is 3.61. The van der Waals surface area contributed by atoms with Crippen molar-refractivity contribution in [3.63, 3.8) is 0 Å². The van der Waals surface area contributed by atoms with Gasteiger partial charge in [0.1, 0.15) is 0 Å². The molecule has 12 rings (SSSR count). The van der Waals surface area contributed by atoms with Gasteiger partial charge in [0, 0.05) is 23.2 Å². The van der Waals surface area contributed by atoms with Crippen molar-refractivity contribution in [2.75, 3.05) is 0 Å². The Balaban J connectivity index is 1.14. The Bertz CT molecular complexity index is 3460. The molecule has 0 aliphatic carbocycles. The Morgan fingerprint density at radius 3 is 1.63 bits per heavy atom. The predicted octanol–water partition coefficient (Wildman–Crippen LogP) is 14.5. The molecule has 10 aromatic carbocycles. The Kier molecular flexibility index (Phi) is 7.02. The lowest BCUT2D eigenvalue weighted by atomic mass is 9.83. The van der Waals surface area contributed by atoms with Gasteiger partial charge in [0.15, 0.2) is 0 Å². The Morgan fingerprint density at radius 2 is 0.930 bits per heavy atom. The van der Waals surface area contributed by atoms with Gasteiger partial charge in [-0.3, -0.25) is 0 Å². The molecule has 0 amide bonds. The summed E-state index contributed by atoms with van der Waals surface area (Å²) >= 11 is 0. The second-order valence-electron chi connectivity index (χ2n) is 15.3. The first-order valence-corrected chi connectivity index (χ1v) is 19.8. The van der Waals surface area contributed by atoms with Gasteiger partial charge in [-0.05, 0) is 130 Å². The van der Waals surface area contributed by atoms with Gasteiger partial charge in [-0.25, -0.2) is 0 Å². The maximum absolute atomic E-state index is 3.51. The van der Waals surface area contributed by atoms with Crippen molar-refractivity contribution in [3.8, 4) is 39.1 Å². The van der Waals surface area contributed by atoms with Crippen molar-refractivity contribution < 1.29 is 0 Å². The van der Waals surface area contributed by atoms with Crippen molar-refractivity contribution in [3.05, 3.63) is 206 Å². The Hall–Kier alpha value is -7.42. The lowest BCUT2D eigenvalue weighted by Gasteiger charge is -2.20. The number of benzene rings is 10. The second kappa shape index (κ2) is 12.6. The van der Waals surface area contributed by atoms with Gasteiger partial charge in [0.2, 0.25) is 0 Å². The van der Waals surface area contributed by atoms with Gasteiger partial charge in [0.05, 0.1) is 11.2 Å². The molecule has 2 heteroatoms. The first-order chi connectivity index (χ1) is 28.3. The molecule has 266 valence electrons. The minimum absolute atomic E-state index is 0.787. The van der Waals surface area contributed by atoms with Crippen LogP contribution < -0.4 is 5.32 Å². The molecular weight excluding hydrogens is 689 g/mol. The molecular formula is C55H36N2. The van der Waals surface area contributed by atoms with E-state index in [9.17, 15) is 0 Å². The normalized spacial score (nSPS) is 12.6. The van der Waals surface area contributed by atoms with Crippen LogP contribution in [0.15, 0.2) is 194 Å². The standard InChI is InChI=1S/C55H36N2/c1-2-14-38-31-41(26-23-35(38)11-1)57-52-28-25-40(32-49(52)51-34-56-30-29-53(51)57)39-24-27-48-50(33-39)55(45-22-10-16-37-13-4-6-18-43(37)45)47-20-8-7-19-46(47)54(48)44-21-9-15-36-12-3-5-17-42(36)44/h1-33,56H,34H2. The van der Waals surface area contributed by atoms with Crippen LogP contribution in [0.4, 0.5) is 0 Å². The quantitative estimate of drug-likeness (QED) is 0.179. The van der Waals surface area contributed by atoms with Gasteiger partial charge in [-0.15, -0.1) is 0 Å². The van der Waals surface area contributed by atoms with E-state index in [-0.39, 0.29) is 0 Å². The summed E-state index contributed by atoms with van der Waals surface area (Å²) in [4.78, 5) is 0. The van der Waals surface area contributed by atoms with Crippen LogP contribution in [-0.4, -0.2) is 4.57 Å². The van der Waals surface area contributed by atoms with Gasteiger partial charge >= 0.3 is 0 Å². The highest BCUT2D eigenvalue weighted by Gasteiger charge is 2.22. The van der Waals surface area contributed by atoms with Crippen LogP contribution in [0.25, 0.3) is 110 Å². The number of rotatable bonds is 4. The van der Waals surface area contributed by atoms with E-state index < -0.39 is 0 Å². The van der Waals surface area contributed by atoms with Crippen LogP contribution in [0, 0.1) is 0 Å². The molecule has 0 unspecified atom stereocenters. The first-order valence-electron chi connectivity index (χ1n) is 19.8.